The second kappa shape index (κ2) is 3.94. The molecule has 0 aliphatic rings. The van der Waals surface area contributed by atoms with Crippen molar-refractivity contribution >= 4 is 12.0 Å². The van der Waals surface area contributed by atoms with Crippen molar-refractivity contribution < 1.29 is 14.3 Å². The lowest BCUT2D eigenvalue weighted by Gasteiger charge is -2.23. The predicted molar refractivity (Wildman–Crippen MR) is 43.4 cm³/mol. The highest BCUT2D eigenvalue weighted by Gasteiger charge is 2.22. The molecule has 0 aromatic rings. The average molecular weight is 174 g/mol. The number of hydrogen-bond donors (Lipinski definition) is 2. The van der Waals surface area contributed by atoms with Gasteiger partial charge in [0.1, 0.15) is 0 Å². The molecule has 0 saturated carbocycles. The number of nitrogens with two attached hydrogens (primary N) is 1. The molecule has 0 aliphatic carbocycles. The molecule has 3 N–H and O–H groups in total. The number of rotatable bonds is 3. The minimum atomic E-state index is -0.654. The van der Waals surface area contributed by atoms with Gasteiger partial charge in [-0.1, -0.05) is 0 Å². The fourth-order valence-electron chi connectivity index (χ4n) is 0.807. The zero-order chi connectivity index (χ0) is 9.78. The van der Waals surface area contributed by atoms with Crippen LogP contribution in [0.25, 0.3) is 0 Å². The van der Waals surface area contributed by atoms with E-state index in [2.05, 4.69) is 10.1 Å². The van der Waals surface area contributed by atoms with Crippen LogP contribution in [0, 0.1) is 0 Å². The van der Waals surface area contributed by atoms with Gasteiger partial charge in [-0.3, -0.25) is 4.79 Å². The molecular formula is C7H14N2O3. The Bertz CT molecular complexity index is 189. The van der Waals surface area contributed by atoms with Crippen molar-refractivity contribution in [3.63, 3.8) is 0 Å². The molecule has 0 bridgehead atoms. The SMILES string of the molecule is COC(=O)NC(C)(C)CC(N)=O. The molecular weight excluding hydrogens is 160 g/mol. The molecule has 2 amide bonds. The van der Waals surface area contributed by atoms with Gasteiger partial charge < -0.3 is 15.8 Å². The maximum absolute atomic E-state index is 10.7. The first-order valence-electron chi connectivity index (χ1n) is 3.52. The summed E-state index contributed by atoms with van der Waals surface area (Å²) in [5.41, 5.74) is 4.31. The lowest BCUT2D eigenvalue weighted by Crippen LogP contribution is -2.45. The highest BCUT2D eigenvalue weighted by Crippen LogP contribution is 2.06. The Kier molecular flexibility index (Phi) is 3.53. The van der Waals surface area contributed by atoms with Crippen molar-refractivity contribution in [1.29, 1.82) is 0 Å². The van der Waals surface area contributed by atoms with E-state index in [4.69, 9.17) is 5.73 Å². The predicted octanol–water partition coefficient (Wildman–Crippen LogP) is -0.00360. The number of carbonyl (C=O) groups is 2. The van der Waals surface area contributed by atoms with Crippen molar-refractivity contribution in [3.05, 3.63) is 0 Å². The second-order valence-electron chi connectivity index (χ2n) is 3.14. The van der Waals surface area contributed by atoms with Gasteiger partial charge in [0.2, 0.25) is 5.91 Å². The van der Waals surface area contributed by atoms with E-state index >= 15 is 0 Å². The van der Waals surface area contributed by atoms with Crippen LogP contribution in [-0.4, -0.2) is 24.6 Å². The summed E-state index contributed by atoms with van der Waals surface area (Å²) in [6.45, 7) is 3.38. The van der Waals surface area contributed by atoms with Gasteiger partial charge >= 0.3 is 6.09 Å². The van der Waals surface area contributed by atoms with E-state index in [1.807, 2.05) is 0 Å². The lowest BCUT2D eigenvalue weighted by atomic mass is 10.0. The smallest absolute Gasteiger partial charge is 0.407 e. The third-order valence-electron chi connectivity index (χ3n) is 1.24. The molecule has 0 spiro atoms. The first-order valence-corrected chi connectivity index (χ1v) is 3.52. The zero-order valence-corrected chi connectivity index (χ0v) is 7.51. The number of alkyl carbamates (subject to hydrolysis) is 1. The van der Waals surface area contributed by atoms with Gasteiger partial charge in [-0.25, -0.2) is 4.79 Å². The number of methoxy groups -OCH3 is 1. The Morgan fingerprint density at radius 2 is 2.00 bits per heavy atom. The molecule has 0 aromatic heterocycles. The highest BCUT2D eigenvalue weighted by atomic mass is 16.5. The maximum Gasteiger partial charge on any atom is 0.407 e. The third-order valence-corrected chi connectivity index (χ3v) is 1.24. The Hall–Kier alpha value is -1.26. The van der Waals surface area contributed by atoms with Gasteiger partial charge in [-0.15, -0.1) is 0 Å². The topological polar surface area (TPSA) is 81.4 Å². The minimum Gasteiger partial charge on any atom is -0.453 e. The summed E-state index contributed by atoms with van der Waals surface area (Å²) < 4.78 is 4.37. The van der Waals surface area contributed by atoms with Gasteiger partial charge in [0.25, 0.3) is 0 Å². The number of nitrogens with one attached hydrogen (secondary N) is 1. The van der Waals surface area contributed by atoms with Crippen LogP contribution in [0.3, 0.4) is 0 Å². The molecule has 0 radical (unpaired) electrons. The molecule has 0 unspecified atom stereocenters. The quantitative estimate of drug-likeness (QED) is 0.631. The number of hydrogen-bond acceptors (Lipinski definition) is 3. The summed E-state index contributed by atoms with van der Waals surface area (Å²) in [6, 6.07) is 0. The Morgan fingerprint density at radius 1 is 1.50 bits per heavy atom. The summed E-state index contributed by atoms with van der Waals surface area (Å²) in [4.78, 5) is 21.2. The van der Waals surface area contributed by atoms with Crippen LogP contribution in [0.1, 0.15) is 20.3 Å². The van der Waals surface area contributed by atoms with E-state index in [1.54, 1.807) is 13.8 Å². The van der Waals surface area contributed by atoms with E-state index < -0.39 is 17.5 Å². The normalized spacial score (nSPS) is 10.6. The van der Waals surface area contributed by atoms with Gasteiger partial charge in [0.05, 0.1) is 7.11 Å². The Morgan fingerprint density at radius 3 is 2.33 bits per heavy atom. The van der Waals surface area contributed by atoms with Gasteiger partial charge in [-0.2, -0.15) is 0 Å². The van der Waals surface area contributed by atoms with Crippen LogP contribution < -0.4 is 11.1 Å². The molecule has 70 valence electrons. The highest BCUT2D eigenvalue weighted by molar-refractivity contribution is 5.76. The molecule has 0 aromatic carbocycles. The van der Waals surface area contributed by atoms with E-state index in [-0.39, 0.29) is 6.42 Å². The third kappa shape index (κ3) is 4.54. The first-order chi connectivity index (χ1) is 5.37. The van der Waals surface area contributed by atoms with Crippen LogP contribution in [0.5, 0.6) is 0 Å². The number of ether oxygens (including phenoxy) is 1. The van der Waals surface area contributed by atoms with Crippen molar-refractivity contribution in [3.8, 4) is 0 Å². The number of primary amides is 1. The summed E-state index contributed by atoms with van der Waals surface area (Å²) in [7, 11) is 1.26. The molecule has 0 fully saturated rings. The Labute approximate surface area is 71.3 Å². The van der Waals surface area contributed by atoms with Crippen LogP contribution in [-0.2, 0) is 9.53 Å². The molecule has 12 heavy (non-hydrogen) atoms. The van der Waals surface area contributed by atoms with Crippen molar-refractivity contribution in [2.45, 2.75) is 25.8 Å². The summed E-state index contributed by atoms with van der Waals surface area (Å²) >= 11 is 0. The number of amides is 2. The largest absolute Gasteiger partial charge is 0.453 e. The summed E-state index contributed by atoms with van der Waals surface area (Å²) in [5.74, 6) is -0.462. The second-order valence-corrected chi connectivity index (χ2v) is 3.14. The Balaban J connectivity index is 4.03. The standard InChI is InChI=1S/C7H14N2O3/c1-7(2,4-5(8)10)9-6(11)12-3/h4H2,1-3H3,(H2,8,10)(H,9,11). The van der Waals surface area contributed by atoms with Crippen LogP contribution in [0.2, 0.25) is 0 Å². The van der Waals surface area contributed by atoms with Crippen LogP contribution >= 0.6 is 0 Å². The van der Waals surface area contributed by atoms with E-state index in [1.165, 1.54) is 7.11 Å². The lowest BCUT2D eigenvalue weighted by molar-refractivity contribution is -0.119. The van der Waals surface area contributed by atoms with Crippen molar-refractivity contribution in [2.75, 3.05) is 7.11 Å². The van der Waals surface area contributed by atoms with Crippen LogP contribution in [0.15, 0.2) is 0 Å². The molecule has 5 heteroatoms. The first kappa shape index (κ1) is 10.7. The molecule has 0 aliphatic heterocycles. The molecule has 0 saturated heterocycles. The van der Waals surface area contributed by atoms with Crippen LogP contribution in [0.4, 0.5) is 4.79 Å². The van der Waals surface area contributed by atoms with Gasteiger partial charge in [-0.05, 0) is 13.8 Å². The molecule has 0 rings (SSSR count). The van der Waals surface area contributed by atoms with Gasteiger partial charge in [0, 0.05) is 12.0 Å². The molecule has 0 atom stereocenters. The fourth-order valence-corrected chi connectivity index (χ4v) is 0.807. The van der Waals surface area contributed by atoms with Crippen molar-refractivity contribution in [1.82, 2.24) is 5.32 Å². The minimum absolute atomic E-state index is 0.0854. The summed E-state index contributed by atoms with van der Waals surface area (Å²) in [5, 5.41) is 2.48. The summed E-state index contributed by atoms with van der Waals surface area (Å²) in [6.07, 6.45) is -0.483. The van der Waals surface area contributed by atoms with E-state index in [0.717, 1.165) is 0 Å². The fraction of sp³-hybridized carbons (Fsp3) is 0.714. The van der Waals surface area contributed by atoms with E-state index in [9.17, 15) is 9.59 Å². The maximum atomic E-state index is 10.7. The van der Waals surface area contributed by atoms with E-state index in [0.29, 0.717) is 0 Å². The zero-order valence-electron chi connectivity index (χ0n) is 7.51. The molecule has 5 nitrogen and oxygen atoms in total. The van der Waals surface area contributed by atoms with Gasteiger partial charge in [0.15, 0.2) is 0 Å². The number of carbonyl (C=O) groups excluding carboxylic acids is 2. The monoisotopic (exact) mass is 174 g/mol. The average Bonchev–Trinajstić information content (AvgIpc) is 1.83. The van der Waals surface area contributed by atoms with Crippen molar-refractivity contribution in [2.24, 2.45) is 5.73 Å². The molecule has 0 heterocycles.